The third-order valence-corrected chi connectivity index (χ3v) is 1.57. The van der Waals surface area contributed by atoms with Crippen LogP contribution < -0.4 is 5.73 Å². The molecule has 1 aromatic carbocycles. The first-order valence-corrected chi connectivity index (χ1v) is 3.42. The van der Waals surface area contributed by atoms with E-state index in [4.69, 9.17) is 11.0 Å². The first kappa shape index (κ1) is 10.3. The lowest BCUT2D eigenvalue weighted by Crippen LogP contribution is -2.09. The second kappa shape index (κ2) is 3.18. The van der Waals surface area contributed by atoms with Crippen molar-refractivity contribution in [3.8, 4) is 6.07 Å². The van der Waals surface area contributed by atoms with Crippen molar-refractivity contribution in [3.05, 3.63) is 29.1 Å². The van der Waals surface area contributed by atoms with E-state index in [9.17, 15) is 17.6 Å². The predicted octanol–water partition coefficient (Wildman–Crippen LogP) is 2.30. The molecule has 0 spiro atoms. The summed E-state index contributed by atoms with van der Waals surface area (Å²) in [5.41, 5.74) is 2.93. The Kier molecular flexibility index (Phi) is 2.34. The third-order valence-electron chi connectivity index (χ3n) is 1.57. The zero-order valence-electron chi connectivity index (χ0n) is 6.69. The Morgan fingerprint density at radius 2 is 1.86 bits per heavy atom. The van der Waals surface area contributed by atoms with Crippen molar-refractivity contribution in [2.45, 2.75) is 6.18 Å². The molecule has 0 aliphatic heterocycles. The largest absolute Gasteiger partial charge is 0.419 e. The number of alkyl halides is 3. The number of anilines is 1. The quantitative estimate of drug-likeness (QED) is 0.520. The summed E-state index contributed by atoms with van der Waals surface area (Å²) >= 11 is 0. The fourth-order valence-electron chi connectivity index (χ4n) is 0.903. The van der Waals surface area contributed by atoms with Crippen LogP contribution in [0.3, 0.4) is 0 Å². The molecule has 0 aliphatic rings. The molecule has 0 atom stereocenters. The lowest BCUT2D eigenvalue weighted by Gasteiger charge is -2.08. The molecule has 0 unspecified atom stereocenters. The van der Waals surface area contributed by atoms with Gasteiger partial charge in [0.05, 0.1) is 16.8 Å². The Labute approximate surface area is 76.6 Å². The molecule has 2 nitrogen and oxygen atoms in total. The van der Waals surface area contributed by atoms with Crippen LogP contribution in [0.15, 0.2) is 12.1 Å². The van der Waals surface area contributed by atoms with Gasteiger partial charge in [-0.15, -0.1) is 0 Å². The maximum Gasteiger partial charge on any atom is 0.419 e. The Morgan fingerprint density at radius 1 is 1.29 bits per heavy atom. The first-order chi connectivity index (χ1) is 6.36. The monoisotopic (exact) mass is 204 g/mol. The van der Waals surface area contributed by atoms with Crippen LogP contribution in [0.1, 0.15) is 11.1 Å². The summed E-state index contributed by atoms with van der Waals surface area (Å²) in [5.74, 6) is -1.48. The van der Waals surface area contributed by atoms with E-state index in [1.165, 1.54) is 6.07 Å². The predicted molar refractivity (Wildman–Crippen MR) is 40.5 cm³/mol. The Hall–Kier alpha value is -1.77. The van der Waals surface area contributed by atoms with Crippen molar-refractivity contribution in [1.82, 2.24) is 0 Å². The zero-order chi connectivity index (χ0) is 10.9. The standard InChI is InChI=1S/C8H4F4N2/c9-6-2-7(14)4(3-13)1-5(6)8(10,11)12/h1-2H,14H2. The molecule has 6 heteroatoms. The SMILES string of the molecule is N#Cc1cc(C(F)(F)F)c(F)cc1N. The van der Waals surface area contributed by atoms with Crippen molar-refractivity contribution >= 4 is 5.69 Å². The van der Waals surface area contributed by atoms with Crippen molar-refractivity contribution in [2.75, 3.05) is 5.73 Å². The summed E-state index contributed by atoms with van der Waals surface area (Å²) < 4.78 is 49.1. The normalized spacial score (nSPS) is 11.1. The lowest BCUT2D eigenvalue weighted by molar-refractivity contribution is -0.139. The molecule has 0 aliphatic carbocycles. The van der Waals surface area contributed by atoms with E-state index < -0.39 is 23.1 Å². The van der Waals surface area contributed by atoms with Gasteiger partial charge in [-0.2, -0.15) is 18.4 Å². The number of benzene rings is 1. The van der Waals surface area contributed by atoms with Gasteiger partial charge in [0.15, 0.2) is 0 Å². The van der Waals surface area contributed by atoms with E-state index in [1.54, 1.807) is 0 Å². The van der Waals surface area contributed by atoms with Gasteiger partial charge in [0, 0.05) is 0 Å². The number of nitrogens with two attached hydrogens (primary N) is 1. The van der Waals surface area contributed by atoms with E-state index in [1.807, 2.05) is 0 Å². The second-order valence-corrected chi connectivity index (χ2v) is 2.53. The number of nitriles is 1. The summed E-state index contributed by atoms with van der Waals surface area (Å²) in [6.07, 6.45) is -4.82. The van der Waals surface area contributed by atoms with Crippen LogP contribution in [0.25, 0.3) is 0 Å². The number of halogens is 4. The maximum atomic E-state index is 12.8. The molecule has 14 heavy (non-hydrogen) atoms. The molecule has 0 amide bonds. The van der Waals surface area contributed by atoms with Crippen molar-refractivity contribution in [3.63, 3.8) is 0 Å². The molecule has 0 saturated carbocycles. The highest BCUT2D eigenvalue weighted by molar-refractivity contribution is 5.56. The summed E-state index contributed by atoms with van der Waals surface area (Å²) in [6.45, 7) is 0. The number of nitrogen functional groups attached to an aromatic ring is 1. The van der Waals surface area contributed by atoms with Crippen molar-refractivity contribution in [2.24, 2.45) is 0 Å². The molecule has 1 rings (SSSR count). The van der Waals surface area contributed by atoms with Crippen LogP contribution in [-0.2, 0) is 6.18 Å². The molecular weight excluding hydrogens is 200 g/mol. The fraction of sp³-hybridized carbons (Fsp3) is 0.125. The van der Waals surface area contributed by atoms with Gasteiger partial charge in [-0.25, -0.2) is 4.39 Å². The average molecular weight is 204 g/mol. The van der Waals surface area contributed by atoms with Crippen LogP contribution in [0.4, 0.5) is 23.2 Å². The molecule has 0 saturated heterocycles. The molecular formula is C8H4F4N2. The summed E-state index contributed by atoms with van der Waals surface area (Å²) in [6, 6.07) is 2.32. The average Bonchev–Trinajstić information content (AvgIpc) is 2.02. The Bertz CT molecular complexity index is 403. The summed E-state index contributed by atoms with van der Waals surface area (Å²) in [7, 11) is 0. The van der Waals surface area contributed by atoms with Crippen LogP contribution in [0.5, 0.6) is 0 Å². The number of rotatable bonds is 0. The number of hydrogen-bond donors (Lipinski definition) is 1. The second-order valence-electron chi connectivity index (χ2n) is 2.53. The number of hydrogen-bond acceptors (Lipinski definition) is 2. The number of nitrogens with zero attached hydrogens (tertiary/aromatic N) is 1. The minimum absolute atomic E-state index is 0.307. The maximum absolute atomic E-state index is 12.8. The van der Waals surface area contributed by atoms with E-state index in [0.29, 0.717) is 12.1 Å². The third kappa shape index (κ3) is 1.76. The highest BCUT2D eigenvalue weighted by atomic mass is 19.4. The van der Waals surface area contributed by atoms with Crippen LogP contribution in [-0.4, -0.2) is 0 Å². The van der Waals surface area contributed by atoms with E-state index >= 15 is 0 Å². The Morgan fingerprint density at radius 3 is 2.29 bits per heavy atom. The Balaban J connectivity index is 3.41. The van der Waals surface area contributed by atoms with E-state index in [2.05, 4.69) is 0 Å². The summed E-state index contributed by atoms with van der Waals surface area (Å²) in [4.78, 5) is 0. The molecule has 0 heterocycles. The first-order valence-electron chi connectivity index (χ1n) is 3.42. The van der Waals surface area contributed by atoms with Gasteiger partial charge < -0.3 is 5.73 Å². The topological polar surface area (TPSA) is 49.8 Å². The fourth-order valence-corrected chi connectivity index (χ4v) is 0.903. The van der Waals surface area contributed by atoms with E-state index in [0.717, 1.165) is 0 Å². The van der Waals surface area contributed by atoms with Crippen LogP contribution in [0.2, 0.25) is 0 Å². The minimum atomic E-state index is -4.82. The van der Waals surface area contributed by atoms with Gasteiger partial charge in [0.25, 0.3) is 0 Å². The van der Waals surface area contributed by atoms with Gasteiger partial charge in [0.2, 0.25) is 0 Å². The van der Waals surface area contributed by atoms with Gasteiger partial charge in [-0.3, -0.25) is 0 Å². The van der Waals surface area contributed by atoms with Gasteiger partial charge in [0.1, 0.15) is 11.9 Å². The molecule has 0 aromatic heterocycles. The zero-order valence-corrected chi connectivity index (χ0v) is 6.69. The molecule has 0 radical (unpaired) electrons. The van der Waals surface area contributed by atoms with Gasteiger partial charge >= 0.3 is 6.18 Å². The van der Waals surface area contributed by atoms with Crippen molar-refractivity contribution < 1.29 is 17.6 Å². The molecule has 2 N–H and O–H groups in total. The van der Waals surface area contributed by atoms with Gasteiger partial charge in [-0.05, 0) is 12.1 Å². The highest BCUT2D eigenvalue weighted by Gasteiger charge is 2.34. The van der Waals surface area contributed by atoms with Gasteiger partial charge in [-0.1, -0.05) is 0 Å². The van der Waals surface area contributed by atoms with Crippen LogP contribution >= 0.6 is 0 Å². The molecule has 1 aromatic rings. The lowest BCUT2D eigenvalue weighted by atomic mass is 10.1. The molecule has 0 fully saturated rings. The highest BCUT2D eigenvalue weighted by Crippen LogP contribution is 2.33. The van der Waals surface area contributed by atoms with E-state index in [-0.39, 0.29) is 5.69 Å². The molecule has 74 valence electrons. The summed E-state index contributed by atoms with van der Waals surface area (Å²) in [5, 5.41) is 8.38. The minimum Gasteiger partial charge on any atom is -0.398 e. The van der Waals surface area contributed by atoms with Crippen LogP contribution in [0, 0.1) is 17.1 Å². The smallest absolute Gasteiger partial charge is 0.398 e. The van der Waals surface area contributed by atoms with Crippen molar-refractivity contribution in [1.29, 1.82) is 5.26 Å². The molecule has 0 bridgehead atoms.